The van der Waals surface area contributed by atoms with E-state index in [4.69, 9.17) is 16.0 Å². The van der Waals surface area contributed by atoms with Crippen LogP contribution in [0.1, 0.15) is 55.0 Å². The lowest BCUT2D eigenvalue weighted by molar-refractivity contribution is 0.415. The van der Waals surface area contributed by atoms with Gasteiger partial charge >= 0.3 is 5.63 Å². The molecule has 1 aliphatic carbocycles. The second-order valence-electron chi connectivity index (χ2n) is 7.55. The zero-order valence-corrected chi connectivity index (χ0v) is 18.1. The Morgan fingerprint density at radius 1 is 1.28 bits per heavy atom. The highest BCUT2D eigenvalue weighted by molar-refractivity contribution is 7.98. The Morgan fingerprint density at radius 3 is 2.83 bits per heavy atom. The summed E-state index contributed by atoms with van der Waals surface area (Å²) >= 11 is 7.88. The Balaban J connectivity index is 1.64. The van der Waals surface area contributed by atoms with Gasteiger partial charge in [-0.15, -0.1) is 16.8 Å². The van der Waals surface area contributed by atoms with Crippen LogP contribution in [0.15, 0.2) is 45.2 Å². The van der Waals surface area contributed by atoms with E-state index < -0.39 is 0 Å². The Bertz CT molecular complexity index is 1100. The molecule has 7 heteroatoms. The summed E-state index contributed by atoms with van der Waals surface area (Å²) in [5.41, 5.74) is 1.97. The zero-order valence-electron chi connectivity index (χ0n) is 16.5. The van der Waals surface area contributed by atoms with E-state index in [2.05, 4.69) is 21.3 Å². The molecule has 2 heterocycles. The third-order valence-electron chi connectivity index (χ3n) is 5.49. The van der Waals surface area contributed by atoms with E-state index in [-0.39, 0.29) is 5.63 Å². The van der Waals surface area contributed by atoms with Crippen LogP contribution in [-0.4, -0.2) is 14.8 Å². The third-order valence-corrected chi connectivity index (χ3v) is 6.92. The highest BCUT2D eigenvalue weighted by Crippen LogP contribution is 2.34. The highest BCUT2D eigenvalue weighted by Gasteiger charge is 2.23. The SMILES string of the molecule is C=CCn1c(SCc2cc(=O)oc3cc(C)c(Cl)cc23)nnc1C1CCCCC1. The fourth-order valence-electron chi connectivity index (χ4n) is 3.98. The molecule has 1 fully saturated rings. The number of nitrogens with zero attached hydrogens (tertiary/aromatic N) is 3. The summed E-state index contributed by atoms with van der Waals surface area (Å²) in [6.07, 6.45) is 8.03. The highest BCUT2D eigenvalue weighted by atomic mass is 35.5. The summed E-state index contributed by atoms with van der Waals surface area (Å²) in [6.45, 7) is 6.48. The molecular formula is C22H24ClN3O2S. The number of thioether (sulfide) groups is 1. The number of rotatable bonds is 6. The number of halogens is 1. The van der Waals surface area contributed by atoms with Crippen LogP contribution in [0.4, 0.5) is 0 Å². The molecule has 0 amide bonds. The topological polar surface area (TPSA) is 60.9 Å². The molecule has 0 N–H and O–H groups in total. The summed E-state index contributed by atoms with van der Waals surface area (Å²) in [4.78, 5) is 12.0. The molecule has 29 heavy (non-hydrogen) atoms. The molecule has 1 aliphatic rings. The van der Waals surface area contributed by atoms with Crippen LogP contribution in [0.25, 0.3) is 11.0 Å². The van der Waals surface area contributed by atoms with Gasteiger partial charge in [0.25, 0.3) is 0 Å². The lowest BCUT2D eigenvalue weighted by Crippen LogP contribution is -2.12. The fraction of sp³-hybridized carbons (Fsp3) is 0.409. The van der Waals surface area contributed by atoms with Crippen LogP contribution in [0.3, 0.4) is 0 Å². The summed E-state index contributed by atoms with van der Waals surface area (Å²) in [7, 11) is 0. The Kier molecular flexibility index (Phi) is 6.11. The van der Waals surface area contributed by atoms with Gasteiger partial charge in [-0.2, -0.15) is 0 Å². The molecule has 2 aromatic heterocycles. The second-order valence-corrected chi connectivity index (χ2v) is 8.90. The number of aryl methyl sites for hydroxylation is 1. The van der Waals surface area contributed by atoms with Crippen molar-refractivity contribution in [2.24, 2.45) is 0 Å². The number of hydrogen-bond acceptors (Lipinski definition) is 5. The summed E-state index contributed by atoms with van der Waals surface area (Å²) < 4.78 is 7.53. The van der Waals surface area contributed by atoms with Crippen molar-refractivity contribution in [3.05, 3.63) is 63.2 Å². The molecule has 0 unspecified atom stereocenters. The van der Waals surface area contributed by atoms with Crippen molar-refractivity contribution in [2.45, 2.75) is 62.4 Å². The minimum Gasteiger partial charge on any atom is -0.423 e. The van der Waals surface area contributed by atoms with Crippen molar-refractivity contribution in [3.63, 3.8) is 0 Å². The molecule has 0 aliphatic heterocycles. The summed E-state index contributed by atoms with van der Waals surface area (Å²) in [5, 5.41) is 11.3. The number of fused-ring (bicyclic) bond motifs is 1. The van der Waals surface area contributed by atoms with Crippen molar-refractivity contribution in [3.8, 4) is 0 Å². The zero-order chi connectivity index (χ0) is 20.4. The van der Waals surface area contributed by atoms with Gasteiger partial charge in [0.2, 0.25) is 0 Å². The Labute approximate surface area is 179 Å². The van der Waals surface area contributed by atoms with E-state index in [0.29, 0.717) is 28.8 Å². The monoisotopic (exact) mass is 429 g/mol. The first-order valence-corrected chi connectivity index (χ1v) is 11.3. The Hall–Kier alpha value is -2.05. The van der Waals surface area contributed by atoms with E-state index in [1.165, 1.54) is 38.2 Å². The minimum absolute atomic E-state index is 0.356. The van der Waals surface area contributed by atoms with Crippen LogP contribution >= 0.6 is 23.4 Å². The second kappa shape index (κ2) is 8.76. The molecule has 0 radical (unpaired) electrons. The maximum absolute atomic E-state index is 12.0. The number of allylic oxidation sites excluding steroid dienone is 1. The van der Waals surface area contributed by atoms with Gasteiger partial charge in [0.05, 0.1) is 0 Å². The summed E-state index contributed by atoms with van der Waals surface area (Å²) in [5.74, 6) is 2.11. The first kappa shape index (κ1) is 20.2. The lowest BCUT2D eigenvalue weighted by Gasteiger charge is -2.21. The molecule has 5 nitrogen and oxygen atoms in total. The van der Waals surface area contributed by atoms with Crippen molar-refractivity contribution >= 4 is 34.3 Å². The first-order chi connectivity index (χ1) is 14.1. The number of aromatic nitrogens is 3. The largest absolute Gasteiger partial charge is 0.423 e. The molecule has 0 spiro atoms. The van der Waals surface area contributed by atoms with Crippen LogP contribution in [-0.2, 0) is 12.3 Å². The quantitative estimate of drug-likeness (QED) is 0.278. The van der Waals surface area contributed by atoms with Gasteiger partial charge in [-0.25, -0.2) is 4.79 Å². The predicted octanol–water partition coefficient (Wildman–Crippen LogP) is 5.87. The van der Waals surface area contributed by atoms with Gasteiger partial charge in [-0.3, -0.25) is 0 Å². The molecule has 3 aromatic rings. The molecule has 0 saturated heterocycles. The van der Waals surface area contributed by atoms with Crippen LogP contribution in [0, 0.1) is 6.92 Å². The predicted molar refractivity (Wildman–Crippen MR) is 118 cm³/mol. The number of benzene rings is 1. The molecule has 4 rings (SSSR count). The van der Waals surface area contributed by atoms with Gasteiger partial charge in [-0.05, 0) is 43.0 Å². The third kappa shape index (κ3) is 4.28. The van der Waals surface area contributed by atoms with E-state index >= 15 is 0 Å². The smallest absolute Gasteiger partial charge is 0.336 e. The molecule has 0 bridgehead atoms. The Morgan fingerprint density at radius 2 is 2.07 bits per heavy atom. The van der Waals surface area contributed by atoms with E-state index in [0.717, 1.165) is 27.5 Å². The standard InChI is InChI=1S/C22H24ClN3O2S/c1-3-9-26-21(15-7-5-4-6-8-15)24-25-22(26)29-13-16-11-20(27)28-19-10-14(2)18(23)12-17(16)19/h3,10-12,15H,1,4-9,13H2,2H3. The van der Waals surface area contributed by atoms with Crippen molar-refractivity contribution in [1.82, 2.24) is 14.8 Å². The average molecular weight is 430 g/mol. The normalized spacial score (nSPS) is 15.1. The van der Waals surface area contributed by atoms with Gasteiger partial charge in [0.1, 0.15) is 11.4 Å². The molecular weight excluding hydrogens is 406 g/mol. The van der Waals surface area contributed by atoms with Crippen LogP contribution in [0.2, 0.25) is 5.02 Å². The first-order valence-electron chi connectivity index (χ1n) is 9.96. The fourth-order valence-corrected chi connectivity index (χ4v) is 5.09. The molecule has 1 saturated carbocycles. The maximum atomic E-state index is 12.0. The van der Waals surface area contributed by atoms with Gasteiger partial charge in [0, 0.05) is 34.7 Å². The van der Waals surface area contributed by atoms with Gasteiger partial charge in [0.15, 0.2) is 5.16 Å². The number of hydrogen-bond donors (Lipinski definition) is 0. The van der Waals surface area contributed by atoms with Gasteiger partial charge < -0.3 is 8.98 Å². The molecule has 1 aromatic carbocycles. The van der Waals surface area contributed by atoms with Crippen molar-refractivity contribution in [2.75, 3.05) is 0 Å². The molecule has 152 valence electrons. The van der Waals surface area contributed by atoms with Crippen molar-refractivity contribution in [1.29, 1.82) is 0 Å². The average Bonchev–Trinajstić information content (AvgIpc) is 3.11. The maximum Gasteiger partial charge on any atom is 0.336 e. The van der Waals surface area contributed by atoms with E-state index in [1.54, 1.807) is 11.8 Å². The minimum atomic E-state index is -0.356. The van der Waals surface area contributed by atoms with Crippen LogP contribution < -0.4 is 5.63 Å². The van der Waals surface area contributed by atoms with E-state index in [1.807, 2.05) is 25.1 Å². The summed E-state index contributed by atoms with van der Waals surface area (Å²) in [6, 6.07) is 5.22. The van der Waals surface area contributed by atoms with Crippen LogP contribution in [0.5, 0.6) is 0 Å². The lowest BCUT2D eigenvalue weighted by atomic mass is 9.89. The van der Waals surface area contributed by atoms with Crippen molar-refractivity contribution < 1.29 is 4.42 Å². The van der Waals surface area contributed by atoms with E-state index in [9.17, 15) is 4.79 Å². The van der Waals surface area contributed by atoms with Gasteiger partial charge in [-0.1, -0.05) is 48.7 Å². The molecule has 0 atom stereocenters.